The number of hydrogen-bond donors (Lipinski definition) is 1. The third kappa shape index (κ3) is 1.98. The molecule has 19 heavy (non-hydrogen) atoms. The molecular formula is C15H18N2O2. The van der Waals surface area contributed by atoms with Crippen molar-refractivity contribution < 1.29 is 9.47 Å². The Labute approximate surface area is 112 Å². The van der Waals surface area contributed by atoms with E-state index >= 15 is 0 Å². The Bertz CT molecular complexity index is 617. The van der Waals surface area contributed by atoms with E-state index < -0.39 is 0 Å². The van der Waals surface area contributed by atoms with Gasteiger partial charge in [0.1, 0.15) is 0 Å². The van der Waals surface area contributed by atoms with E-state index in [0.717, 1.165) is 23.6 Å². The molecule has 0 saturated heterocycles. The highest BCUT2D eigenvalue weighted by Crippen LogP contribution is 2.34. The van der Waals surface area contributed by atoms with E-state index in [9.17, 15) is 0 Å². The van der Waals surface area contributed by atoms with Crippen molar-refractivity contribution in [2.75, 3.05) is 13.3 Å². The van der Waals surface area contributed by atoms with Crippen molar-refractivity contribution in [1.29, 1.82) is 0 Å². The van der Waals surface area contributed by atoms with E-state index in [2.05, 4.69) is 30.5 Å². The molecule has 1 aromatic heterocycles. The van der Waals surface area contributed by atoms with Crippen molar-refractivity contribution >= 4 is 0 Å². The van der Waals surface area contributed by atoms with Gasteiger partial charge in [0.2, 0.25) is 6.79 Å². The summed E-state index contributed by atoms with van der Waals surface area (Å²) in [5, 5.41) is 0. The molecule has 3 rings (SSSR count). The Morgan fingerprint density at radius 3 is 2.74 bits per heavy atom. The van der Waals surface area contributed by atoms with Crippen LogP contribution in [0, 0.1) is 13.8 Å². The second-order valence-corrected chi connectivity index (χ2v) is 4.81. The Balaban J connectivity index is 2.07. The number of aromatic nitrogens is 1. The molecule has 0 bridgehead atoms. The summed E-state index contributed by atoms with van der Waals surface area (Å²) in [6.45, 7) is 5.21. The van der Waals surface area contributed by atoms with Crippen LogP contribution in [0.25, 0.3) is 5.69 Å². The van der Waals surface area contributed by atoms with Gasteiger partial charge in [-0.25, -0.2) is 0 Å². The number of nitrogens with zero attached hydrogens (tertiary/aromatic N) is 1. The fourth-order valence-corrected chi connectivity index (χ4v) is 2.66. The van der Waals surface area contributed by atoms with E-state index in [1.54, 1.807) is 0 Å². The zero-order chi connectivity index (χ0) is 13.4. The molecule has 0 aliphatic carbocycles. The number of ether oxygens (including phenoxy) is 2. The standard InChI is InChI=1S/C15H18N2O2/c1-10-7-12(5-6-16)11(2)17(10)13-3-4-14-15(8-13)19-9-18-14/h3-4,7-8H,5-6,9,16H2,1-2H3. The van der Waals surface area contributed by atoms with Gasteiger partial charge in [-0.05, 0) is 50.6 Å². The van der Waals surface area contributed by atoms with Crippen molar-refractivity contribution in [1.82, 2.24) is 4.57 Å². The SMILES string of the molecule is Cc1cc(CCN)c(C)n1-c1ccc2c(c1)OCO2. The maximum atomic E-state index is 5.66. The van der Waals surface area contributed by atoms with Gasteiger partial charge in [-0.15, -0.1) is 0 Å². The summed E-state index contributed by atoms with van der Waals surface area (Å²) in [6.07, 6.45) is 0.907. The van der Waals surface area contributed by atoms with Crippen LogP contribution in [0.15, 0.2) is 24.3 Å². The maximum Gasteiger partial charge on any atom is 0.231 e. The molecule has 2 aromatic rings. The lowest BCUT2D eigenvalue weighted by Gasteiger charge is -2.10. The van der Waals surface area contributed by atoms with E-state index in [0.29, 0.717) is 13.3 Å². The summed E-state index contributed by atoms with van der Waals surface area (Å²) in [7, 11) is 0. The monoisotopic (exact) mass is 258 g/mol. The average Bonchev–Trinajstić information content (AvgIpc) is 2.95. The molecule has 0 atom stereocenters. The number of aryl methyl sites for hydroxylation is 1. The van der Waals surface area contributed by atoms with Gasteiger partial charge in [0.15, 0.2) is 11.5 Å². The first kappa shape index (κ1) is 12.1. The molecule has 1 aliphatic heterocycles. The summed E-state index contributed by atoms with van der Waals surface area (Å²) < 4.78 is 13.0. The van der Waals surface area contributed by atoms with Gasteiger partial charge >= 0.3 is 0 Å². The molecule has 2 heterocycles. The van der Waals surface area contributed by atoms with Gasteiger partial charge in [-0.3, -0.25) is 0 Å². The molecule has 0 radical (unpaired) electrons. The predicted molar refractivity (Wildman–Crippen MR) is 74.1 cm³/mol. The van der Waals surface area contributed by atoms with E-state index in [4.69, 9.17) is 15.2 Å². The molecule has 2 N–H and O–H groups in total. The van der Waals surface area contributed by atoms with Gasteiger partial charge in [0.25, 0.3) is 0 Å². The van der Waals surface area contributed by atoms with Gasteiger partial charge in [0, 0.05) is 23.1 Å². The summed E-state index contributed by atoms with van der Waals surface area (Å²) in [5.74, 6) is 1.62. The Hall–Kier alpha value is -1.94. The van der Waals surface area contributed by atoms with Crippen LogP contribution >= 0.6 is 0 Å². The number of fused-ring (bicyclic) bond motifs is 1. The maximum absolute atomic E-state index is 5.66. The minimum Gasteiger partial charge on any atom is -0.454 e. The molecule has 4 nitrogen and oxygen atoms in total. The zero-order valence-electron chi connectivity index (χ0n) is 11.3. The molecule has 1 aromatic carbocycles. The van der Waals surface area contributed by atoms with Crippen molar-refractivity contribution in [3.05, 3.63) is 41.2 Å². The minimum atomic E-state index is 0.306. The first-order valence-electron chi connectivity index (χ1n) is 6.48. The van der Waals surface area contributed by atoms with Crippen LogP contribution in [0.3, 0.4) is 0 Å². The Morgan fingerprint density at radius 2 is 1.95 bits per heavy atom. The van der Waals surface area contributed by atoms with Crippen molar-refractivity contribution in [2.24, 2.45) is 5.73 Å². The summed E-state index contributed by atoms with van der Waals surface area (Å²) in [6, 6.07) is 8.24. The zero-order valence-corrected chi connectivity index (χ0v) is 11.3. The summed E-state index contributed by atoms with van der Waals surface area (Å²) in [5.41, 5.74) is 10.5. The highest BCUT2D eigenvalue weighted by atomic mass is 16.7. The van der Waals surface area contributed by atoms with Crippen LogP contribution in [0.1, 0.15) is 17.0 Å². The van der Waals surface area contributed by atoms with Crippen LogP contribution in [-0.2, 0) is 6.42 Å². The number of benzene rings is 1. The molecule has 0 spiro atoms. The molecular weight excluding hydrogens is 240 g/mol. The summed E-state index contributed by atoms with van der Waals surface area (Å²) in [4.78, 5) is 0. The molecule has 0 saturated carbocycles. The lowest BCUT2D eigenvalue weighted by molar-refractivity contribution is 0.174. The second kappa shape index (κ2) is 4.63. The Kier molecular flexibility index (Phi) is 2.95. The van der Waals surface area contributed by atoms with Crippen LogP contribution in [0.2, 0.25) is 0 Å². The van der Waals surface area contributed by atoms with E-state index in [-0.39, 0.29) is 0 Å². The highest BCUT2D eigenvalue weighted by Gasteiger charge is 2.16. The summed E-state index contributed by atoms with van der Waals surface area (Å²) >= 11 is 0. The first-order chi connectivity index (χ1) is 9.20. The van der Waals surface area contributed by atoms with Crippen LogP contribution in [-0.4, -0.2) is 17.9 Å². The van der Waals surface area contributed by atoms with Crippen LogP contribution in [0.5, 0.6) is 11.5 Å². The third-order valence-corrected chi connectivity index (χ3v) is 3.56. The van der Waals surface area contributed by atoms with Crippen LogP contribution in [0.4, 0.5) is 0 Å². The van der Waals surface area contributed by atoms with Crippen molar-refractivity contribution in [3.63, 3.8) is 0 Å². The second-order valence-electron chi connectivity index (χ2n) is 4.81. The number of nitrogens with two attached hydrogens (primary N) is 1. The first-order valence-corrected chi connectivity index (χ1v) is 6.48. The molecule has 1 aliphatic rings. The topological polar surface area (TPSA) is 49.4 Å². The lowest BCUT2D eigenvalue weighted by Crippen LogP contribution is -2.04. The fourth-order valence-electron chi connectivity index (χ4n) is 2.66. The molecule has 4 heteroatoms. The van der Waals surface area contributed by atoms with E-state index in [1.807, 2.05) is 12.1 Å². The van der Waals surface area contributed by atoms with Crippen molar-refractivity contribution in [2.45, 2.75) is 20.3 Å². The molecule has 100 valence electrons. The molecule has 0 fully saturated rings. The van der Waals surface area contributed by atoms with Gasteiger partial charge in [-0.2, -0.15) is 0 Å². The van der Waals surface area contributed by atoms with Crippen molar-refractivity contribution in [3.8, 4) is 17.2 Å². The predicted octanol–water partition coefficient (Wildman–Crippen LogP) is 2.32. The number of rotatable bonds is 3. The van der Waals surface area contributed by atoms with Gasteiger partial charge in [0.05, 0.1) is 0 Å². The fraction of sp³-hybridized carbons (Fsp3) is 0.333. The van der Waals surface area contributed by atoms with Gasteiger partial charge < -0.3 is 19.8 Å². The Morgan fingerprint density at radius 1 is 1.16 bits per heavy atom. The normalized spacial score (nSPS) is 13.0. The molecule has 0 amide bonds. The minimum absolute atomic E-state index is 0.306. The van der Waals surface area contributed by atoms with E-state index in [1.165, 1.54) is 17.0 Å². The highest BCUT2D eigenvalue weighted by molar-refractivity contribution is 5.52. The number of hydrogen-bond acceptors (Lipinski definition) is 3. The average molecular weight is 258 g/mol. The van der Waals surface area contributed by atoms with Gasteiger partial charge in [-0.1, -0.05) is 0 Å². The molecule has 0 unspecified atom stereocenters. The lowest BCUT2D eigenvalue weighted by atomic mass is 10.2. The quantitative estimate of drug-likeness (QED) is 0.919. The largest absolute Gasteiger partial charge is 0.454 e. The third-order valence-electron chi connectivity index (χ3n) is 3.56. The van der Waals surface area contributed by atoms with Crippen LogP contribution < -0.4 is 15.2 Å². The smallest absolute Gasteiger partial charge is 0.231 e.